The molecule has 0 saturated carbocycles. The average molecular weight is 215 g/mol. The second-order valence-corrected chi connectivity index (χ2v) is 5.30. The molecule has 0 aliphatic carbocycles. The normalized spacial score (nSPS) is 27.7. The molecular formula is C11H21NO3. The lowest BCUT2D eigenvalue weighted by Crippen LogP contribution is -2.48. The summed E-state index contributed by atoms with van der Waals surface area (Å²) in [5.74, 6) is 0.431. The van der Waals surface area contributed by atoms with Gasteiger partial charge >= 0.3 is 6.09 Å². The van der Waals surface area contributed by atoms with Crippen LogP contribution in [0.3, 0.4) is 0 Å². The molecule has 0 aromatic rings. The third kappa shape index (κ3) is 3.70. The van der Waals surface area contributed by atoms with E-state index in [4.69, 9.17) is 4.74 Å². The summed E-state index contributed by atoms with van der Waals surface area (Å²) in [6, 6.07) is 0. The highest BCUT2D eigenvalue weighted by Crippen LogP contribution is 2.22. The molecule has 0 radical (unpaired) electrons. The molecule has 1 amide bonds. The third-order valence-electron chi connectivity index (χ3n) is 2.41. The maximum Gasteiger partial charge on any atom is 0.412 e. The van der Waals surface area contributed by atoms with Crippen LogP contribution >= 0.6 is 0 Å². The number of aliphatic hydroxyl groups excluding tert-OH is 1. The van der Waals surface area contributed by atoms with Crippen molar-refractivity contribution in [3.8, 4) is 0 Å². The number of hydrogen-bond acceptors (Lipinski definition) is 3. The topological polar surface area (TPSA) is 49.8 Å². The maximum atomic E-state index is 11.7. The van der Waals surface area contributed by atoms with Crippen molar-refractivity contribution < 1.29 is 14.6 Å². The van der Waals surface area contributed by atoms with Gasteiger partial charge in [-0.15, -0.1) is 0 Å². The van der Waals surface area contributed by atoms with E-state index in [1.54, 1.807) is 0 Å². The number of carbonyl (C=O) groups is 1. The third-order valence-corrected chi connectivity index (χ3v) is 2.41. The molecule has 1 rings (SSSR count). The van der Waals surface area contributed by atoms with E-state index in [2.05, 4.69) is 6.92 Å². The lowest BCUT2D eigenvalue weighted by Gasteiger charge is -2.36. The molecule has 1 heterocycles. The monoisotopic (exact) mass is 215 g/mol. The van der Waals surface area contributed by atoms with Crippen LogP contribution in [0.25, 0.3) is 0 Å². The van der Waals surface area contributed by atoms with Crippen molar-refractivity contribution >= 4 is 6.09 Å². The summed E-state index contributed by atoms with van der Waals surface area (Å²) in [6.07, 6.45) is 0.499. The number of piperidine rings is 1. The molecule has 1 saturated heterocycles. The summed E-state index contributed by atoms with van der Waals surface area (Å²) >= 11 is 0. The minimum Gasteiger partial charge on any atom is -0.444 e. The standard InChI is InChI=1S/C11H21NO3/c1-8-5-6-9(13)12(7-8)10(14)15-11(2,3)4/h8-9,13H,5-7H2,1-4H3. The van der Waals surface area contributed by atoms with Crippen molar-refractivity contribution in [3.63, 3.8) is 0 Å². The van der Waals surface area contributed by atoms with E-state index in [1.807, 2.05) is 20.8 Å². The predicted octanol–water partition coefficient (Wildman–Crippen LogP) is 1.97. The smallest absolute Gasteiger partial charge is 0.412 e. The Morgan fingerprint density at radius 2 is 2.00 bits per heavy atom. The van der Waals surface area contributed by atoms with E-state index in [9.17, 15) is 9.90 Å². The van der Waals surface area contributed by atoms with Gasteiger partial charge in [0.05, 0.1) is 0 Å². The molecule has 1 N–H and O–H groups in total. The second kappa shape index (κ2) is 4.39. The molecular weight excluding hydrogens is 194 g/mol. The Balaban J connectivity index is 2.57. The number of nitrogens with zero attached hydrogens (tertiary/aromatic N) is 1. The lowest BCUT2D eigenvalue weighted by atomic mass is 9.99. The van der Waals surface area contributed by atoms with Crippen LogP contribution in [0.15, 0.2) is 0 Å². The van der Waals surface area contributed by atoms with Crippen LogP contribution in [-0.4, -0.2) is 34.5 Å². The molecule has 2 atom stereocenters. The largest absolute Gasteiger partial charge is 0.444 e. The SMILES string of the molecule is CC1CCC(O)N(C(=O)OC(C)(C)C)C1. The predicted molar refractivity (Wildman–Crippen MR) is 57.3 cm³/mol. The highest BCUT2D eigenvalue weighted by molar-refractivity contribution is 5.68. The van der Waals surface area contributed by atoms with Crippen LogP contribution in [0.4, 0.5) is 4.79 Å². The number of aliphatic hydroxyl groups is 1. The first kappa shape index (κ1) is 12.3. The Labute approximate surface area is 91.2 Å². The summed E-state index contributed by atoms with van der Waals surface area (Å²) in [7, 11) is 0. The fourth-order valence-electron chi connectivity index (χ4n) is 1.65. The van der Waals surface area contributed by atoms with Gasteiger partial charge in [-0.25, -0.2) is 4.79 Å². The first-order valence-corrected chi connectivity index (χ1v) is 5.47. The quantitative estimate of drug-likeness (QED) is 0.672. The van der Waals surface area contributed by atoms with Crippen LogP contribution in [-0.2, 0) is 4.74 Å². The van der Waals surface area contributed by atoms with E-state index in [0.717, 1.165) is 6.42 Å². The minimum absolute atomic E-state index is 0.415. The van der Waals surface area contributed by atoms with E-state index >= 15 is 0 Å². The highest BCUT2D eigenvalue weighted by Gasteiger charge is 2.31. The zero-order valence-electron chi connectivity index (χ0n) is 9.99. The Bertz CT molecular complexity index is 234. The summed E-state index contributed by atoms with van der Waals surface area (Å²) in [4.78, 5) is 13.1. The fourth-order valence-corrected chi connectivity index (χ4v) is 1.65. The Morgan fingerprint density at radius 3 is 2.53 bits per heavy atom. The molecule has 0 aromatic heterocycles. The first-order valence-electron chi connectivity index (χ1n) is 5.47. The van der Waals surface area contributed by atoms with Crippen LogP contribution in [0.1, 0.15) is 40.5 Å². The minimum atomic E-state index is -0.684. The summed E-state index contributed by atoms with van der Waals surface area (Å²) < 4.78 is 5.22. The fraction of sp³-hybridized carbons (Fsp3) is 0.909. The molecule has 4 nitrogen and oxygen atoms in total. The summed E-state index contributed by atoms with van der Waals surface area (Å²) in [5, 5.41) is 9.68. The van der Waals surface area contributed by atoms with Gasteiger partial charge in [-0.3, -0.25) is 4.90 Å². The van der Waals surface area contributed by atoms with Crippen molar-refractivity contribution in [1.29, 1.82) is 0 Å². The van der Waals surface area contributed by atoms with Gasteiger partial charge in [0.15, 0.2) is 0 Å². The van der Waals surface area contributed by atoms with Gasteiger partial charge in [-0.05, 0) is 39.5 Å². The molecule has 1 aliphatic rings. The Kier molecular flexibility index (Phi) is 3.60. The van der Waals surface area contributed by atoms with Gasteiger partial charge < -0.3 is 9.84 Å². The maximum absolute atomic E-state index is 11.7. The van der Waals surface area contributed by atoms with Gasteiger partial charge in [-0.2, -0.15) is 0 Å². The highest BCUT2D eigenvalue weighted by atomic mass is 16.6. The molecule has 0 aromatic carbocycles. The Hall–Kier alpha value is -0.770. The van der Waals surface area contributed by atoms with E-state index in [0.29, 0.717) is 18.9 Å². The van der Waals surface area contributed by atoms with Crippen LogP contribution in [0.2, 0.25) is 0 Å². The first-order chi connectivity index (χ1) is 6.79. The summed E-state index contributed by atoms with van der Waals surface area (Å²) in [6.45, 7) is 8.12. The molecule has 15 heavy (non-hydrogen) atoms. The lowest BCUT2D eigenvalue weighted by molar-refractivity contribution is -0.0545. The zero-order valence-corrected chi connectivity index (χ0v) is 9.99. The van der Waals surface area contributed by atoms with Crippen molar-refractivity contribution in [2.24, 2.45) is 5.92 Å². The molecule has 0 bridgehead atoms. The van der Waals surface area contributed by atoms with Gasteiger partial charge in [0.2, 0.25) is 0 Å². The molecule has 4 heteroatoms. The van der Waals surface area contributed by atoms with Gasteiger partial charge in [0, 0.05) is 6.54 Å². The number of carbonyl (C=O) groups excluding carboxylic acids is 1. The van der Waals surface area contributed by atoms with Crippen LogP contribution < -0.4 is 0 Å². The summed E-state index contributed by atoms with van der Waals surface area (Å²) in [5.41, 5.74) is -0.502. The molecule has 88 valence electrons. The van der Waals surface area contributed by atoms with Crippen LogP contribution in [0, 0.1) is 5.92 Å². The van der Waals surface area contributed by atoms with E-state index < -0.39 is 17.9 Å². The number of hydrogen-bond donors (Lipinski definition) is 1. The van der Waals surface area contributed by atoms with Crippen molar-refractivity contribution in [2.75, 3.05) is 6.54 Å². The van der Waals surface area contributed by atoms with Gasteiger partial charge in [0.25, 0.3) is 0 Å². The van der Waals surface area contributed by atoms with Crippen molar-refractivity contribution in [3.05, 3.63) is 0 Å². The Morgan fingerprint density at radius 1 is 1.40 bits per heavy atom. The molecule has 1 fully saturated rings. The van der Waals surface area contributed by atoms with Crippen LogP contribution in [0.5, 0.6) is 0 Å². The van der Waals surface area contributed by atoms with E-state index in [1.165, 1.54) is 4.90 Å². The second-order valence-electron chi connectivity index (χ2n) is 5.30. The zero-order chi connectivity index (χ0) is 11.6. The number of amides is 1. The number of rotatable bonds is 0. The molecule has 0 spiro atoms. The van der Waals surface area contributed by atoms with Crippen molar-refractivity contribution in [2.45, 2.75) is 52.4 Å². The van der Waals surface area contributed by atoms with Gasteiger partial charge in [-0.1, -0.05) is 6.92 Å². The number of likely N-dealkylation sites (tertiary alicyclic amines) is 1. The molecule has 2 unspecified atom stereocenters. The van der Waals surface area contributed by atoms with Crippen molar-refractivity contribution in [1.82, 2.24) is 4.90 Å². The number of ether oxygens (including phenoxy) is 1. The van der Waals surface area contributed by atoms with E-state index in [-0.39, 0.29) is 0 Å². The average Bonchev–Trinajstić information content (AvgIpc) is 2.06. The van der Waals surface area contributed by atoms with Gasteiger partial charge in [0.1, 0.15) is 11.8 Å². The molecule has 1 aliphatic heterocycles.